The van der Waals surface area contributed by atoms with Crippen molar-refractivity contribution in [3.63, 3.8) is 0 Å². The summed E-state index contributed by atoms with van der Waals surface area (Å²) in [7, 11) is 0. The Morgan fingerprint density at radius 2 is 1.39 bits per heavy atom. The normalized spacial score (nSPS) is 18.9. The van der Waals surface area contributed by atoms with E-state index in [1.54, 1.807) is 0 Å². The average molecular weight is 409 g/mol. The molecule has 158 valence electrons. The summed E-state index contributed by atoms with van der Waals surface area (Å²) in [6.45, 7) is 1.03. The van der Waals surface area contributed by atoms with Crippen LogP contribution < -0.4 is 5.32 Å². The van der Waals surface area contributed by atoms with E-state index < -0.39 is 5.41 Å². The van der Waals surface area contributed by atoms with Gasteiger partial charge < -0.3 is 5.32 Å². The second-order valence-corrected chi connectivity index (χ2v) is 8.76. The van der Waals surface area contributed by atoms with Gasteiger partial charge in [-0.05, 0) is 61.3 Å². The van der Waals surface area contributed by atoms with Crippen LogP contribution in [0, 0.1) is 17.2 Å². The van der Waals surface area contributed by atoms with Crippen molar-refractivity contribution in [2.75, 3.05) is 6.54 Å². The SMILES string of the molecule is N#CC(c1ccccc1)(c1ccccc1)[C@H]1CCC[C@@H](NCCCc2ccccc2)C1. The summed E-state index contributed by atoms with van der Waals surface area (Å²) >= 11 is 0. The van der Waals surface area contributed by atoms with E-state index in [1.807, 2.05) is 12.1 Å². The van der Waals surface area contributed by atoms with Crippen LogP contribution >= 0.6 is 0 Å². The summed E-state index contributed by atoms with van der Waals surface area (Å²) in [5.74, 6) is 0.308. The number of nitrogens with zero attached hydrogens (tertiary/aromatic N) is 1. The maximum atomic E-state index is 10.6. The van der Waals surface area contributed by atoms with Gasteiger partial charge in [-0.15, -0.1) is 0 Å². The van der Waals surface area contributed by atoms with Gasteiger partial charge >= 0.3 is 0 Å². The van der Waals surface area contributed by atoms with E-state index in [9.17, 15) is 5.26 Å². The van der Waals surface area contributed by atoms with Crippen molar-refractivity contribution in [3.05, 3.63) is 108 Å². The van der Waals surface area contributed by atoms with Crippen molar-refractivity contribution in [2.24, 2.45) is 5.92 Å². The third kappa shape index (κ3) is 4.89. The molecule has 0 aliphatic heterocycles. The number of nitrogens with one attached hydrogen (secondary N) is 1. The van der Waals surface area contributed by atoms with Gasteiger partial charge in [-0.3, -0.25) is 0 Å². The highest BCUT2D eigenvalue weighted by Crippen LogP contribution is 2.45. The van der Waals surface area contributed by atoms with E-state index in [-0.39, 0.29) is 0 Å². The lowest BCUT2D eigenvalue weighted by Gasteiger charge is -2.41. The predicted molar refractivity (Wildman–Crippen MR) is 128 cm³/mol. The van der Waals surface area contributed by atoms with E-state index in [1.165, 1.54) is 18.4 Å². The lowest BCUT2D eigenvalue weighted by molar-refractivity contribution is 0.234. The summed E-state index contributed by atoms with van der Waals surface area (Å²) in [5.41, 5.74) is 3.06. The highest BCUT2D eigenvalue weighted by atomic mass is 14.9. The summed E-state index contributed by atoms with van der Waals surface area (Å²) in [6, 6.07) is 34.8. The van der Waals surface area contributed by atoms with Crippen molar-refractivity contribution < 1.29 is 0 Å². The second-order valence-electron chi connectivity index (χ2n) is 8.76. The van der Waals surface area contributed by atoms with Crippen molar-refractivity contribution in [2.45, 2.75) is 50.0 Å². The maximum Gasteiger partial charge on any atom is 0.110 e. The Hall–Kier alpha value is -2.89. The van der Waals surface area contributed by atoms with Gasteiger partial charge in [-0.1, -0.05) is 97.4 Å². The quantitative estimate of drug-likeness (QED) is 0.445. The van der Waals surface area contributed by atoms with Gasteiger partial charge in [0.2, 0.25) is 0 Å². The minimum Gasteiger partial charge on any atom is -0.314 e. The molecule has 2 atom stereocenters. The molecule has 31 heavy (non-hydrogen) atoms. The number of hydrogen-bond donors (Lipinski definition) is 1. The zero-order valence-electron chi connectivity index (χ0n) is 18.2. The molecule has 0 amide bonds. The molecule has 1 fully saturated rings. The molecular weight excluding hydrogens is 376 g/mol. The molecular formula is C29H32N2. The molecule has 0 bridgehead atoms. The first kappa shape index (κ1) is 21.3. The fourth-order valence-corrected chi connectivity index (χ4v) is 5.27. The van der Waals surface area contributed by atoms with Crippen LogP contribution in [0.4, 0.5) is 0 Å². The Labute approximate surface area is 186 Å². The van der Waals surface area contributed by atoms with E-state index in [2.05, 4.69) is 90.2 Å². The van der Waals surface area contributed by atoms with Gasteiger partial charge in [-0.25, -0.2) is 0 Å². The molecule has 0 heterocycles. The fourth-order valence-electron chi connectivity index (χ4n) is 5.27. The first-order valence-corrected chi connectivity index (χ1v) is 11.6. The Morgan fingerprint density at radius 1 is 0.806 bits per heavy atom. The molecule has 3 aromatic carbocycles. The molecule has 1 aliphatic carbocycles. The molecule has 0 unspecified atom stereocenters. The Kier molecular flexibility index (Phi) is 7.18. The first-order valence-electron chi connectivity index (χ1n) is 11.6. The predicted octanol–water partition coefficient (Wildman–Crippen LogP) is 6.28. The molecule has 1 saturated carbocycles. The van der Waals surface area contributed by atoms with Gasteiger partial charge in [0, 0.05) is 6.04 Å². The summed E-state index contributed by atoms with van der Waals surface area (Å²) < 4.78 is 0. The molecule has 4 rings (SSSR count). The smallest absolute Gasteiger partial charge is 0.110 e. The summed E-state index contributed by atoms with van der Waals surface area (Å²) in [6.07, 6.45) is 6.77. The van der Waals surface area contributed by atoms with E-state index in [0.29, 0.717) is 12.0 Å². The van der Waals surface area contributed by atoms with Gasteiger partial charge in [0.25, 0.3) is 0 Å². The van der Waals surface area contributed by atoms with Crippen LogP contribution in [0.5, 0.6) is 0 Å². The Morgan fingerprint density at radius 3 is 1.97 bits per heavy atom. The lowest BCUT2D eigenvalue weighted by Crippen LogP contribution is -2.43. The van der Waals surface area contributed by atoms with Crippen LogP contribution in [0.3, 0.4) is 0 Å². The Balaban J connectivity index is 1.48. The zero-order chi connectivity index (χ0) is 21.4. The number of nitriles is 1. The molecule has 2 heteroatoms. The third-order valence-electron chi connectivity index (χ3n) is 6.84. The number of hydrogen-bond acceptors (Lipinski definition) is 2. The molecule has 1 aliphatic rings. The topological polar surface area (TPSA) is 35.8 Å². The number of aryl methyl sites for hydroxylation is 1. The standard InChI is InChI=1S/C29H32N2/c30-23-29(25-15-6-2-7-16-25,26-17-8-3-9-18-26)27-19-10-20-28(22-27)31-21-11-14-24-12-4-1-5-13-24/h1-9,12-13,15-18,27-28,31H,10-11,14,19-22H2/t27-,28+/m0/s1. The van der Waals surface area contributed by atoms with Crippen molar-refractivity contribution in [1.29, 1.82) is 5.26 Å². The van der Waals surface area contributed by atoms with Gasteiger partial charge in [0.15, 0.2) is 0 Å². The largest absolute Gasteiger partial charge is 0.314 e. The van der Waals surface area contributed by atoms with Gasteiger partial charge in [0.05, 0.1) is 6.07 Å². The van der Waals surface area contributed by atoms with Gasteiger partial charge in [0.1, 0.15) is 5.41 Å². The molecule has 0 spiro atoms. The van der Waals surface area contributed by atoms with E-state index >= 15 is 0 Å². The van der Waals surface area contributed by atoms with E-state index in [4.69, 9.17) is 0 Å². The van der Waals surface area contributed by atoms with Crippen molar-refractivity contribution in [1.82, 2.24) is 5.32 Å². The van der Waals surface area contributed by atoms with Crippen LogP contribution in [-0.4, -0.2) is 12.6 Å². The minimum absolute atomic E-state index is 0.308. The fraction of sp³-hybridized carbons (Fsp3) is 0.345. The highest BCUT2D eigenvalue weighted by molar-refractivity contribution is 5.47. The van der Waals surface area contributed by atoms with Crippen LogP contribution in [0.2, 0.25) is 0 Å². The molecule has 2 nitrogen and oxygen atoms in total. The van der Waals surface area contributed by atoms with Gasteiger partial charge in [-0.2, -0.15) is 5.26 Å². The van der Waals surface area contributed by atoms with Crippen LogP contribution in [0.15, 0.2) is 91.0 Å². The third-order valence-corrected chi connectivity index (χ3v) is 6.84. The Bertz CT molecular complexity index is 920. The highest BCUT2D eigenvalue weighted by Gasteiger charge is 2.44. The zero-order valence-corrected chi connectivity index (χ0v) is 18.2. The molecule has 0 aromatic heterocycles. The molecule has 0 radical (unpaired) electrons. The molecule has 3 aromatic rings. The number of benzene rings is 3. The molecule has 1 N–H and O–H groups in total. The monoisotopic (exact) mass is 408 g/mol. The van der Waals surface area contributed by atoms with Crippen molar-refractivity contribution in [3.8, 4) is 6.07 Å². The average Bonchev–Trinajstić information content (AvgIpc) is 2.85. The lowest BCUT2D eigenvalue weighted by atomic mass is 9.61. The van der Waals surface area contributed by atoms with Crippen LogP contribution in [0.1, 0.15) is 48.8 Å². The first-order chi connectivity index (χ1) is 15.3. The minimum atomic E-state index is -0.590. The van der Waals surface area contributed by atoms with E-state index in [0.717, 1.165) is 43.4 Å². The summed E-state index contributed by atoms with van der Waals surface area (Å²) in [5, 5.41) is 14.4. The summed E-state index contributed by atoms with van der Waals surface area (Å²) in [4.78, 5) is 0. The van der Waals surface area contributed by atoms with Crippen LogP contribution in [0.25, 0.3) is 0 Å². The van der Waals surface area contributed by atoms with Crippen LogP contribution in [-0.2, 0) is 11.8 Å². The van der Waals surface area contributed by atoms with Crippen molar-refractivity contribution >= 4 is 0 Å². The number of rotatable bonds is 8. The second kappa shape index (κ2) is 10.4. The molecule has 0 saturated heterocycles. The maximum absolute atomic E-state index is 10.6.